The highest BCUT2D eigenvalue weighted by atomic mass is 32.1. The summed E-state index contributed by atoms with van der Waals surface area (Å²) in [6, 6.07) is 3.86. The molecule has 0 radical (unpaired) electrons. The zero-order chi connectivity index (χ0) is 13.4. The number of carbonyl (C=O) groups excluding carboxylic acids is 1. The van der Waals surface area contributed by atoms with E-state index in [0.717, 1.165) is 17.7 Å². The Morgan fingerprint density at radius 2 is 2.11 bits per heavy atom. The van der Waals surface area contributed by atoms with Crippen molar-refractivity contribution in [3.63, 3.8) is 0 Å². The Labute approximate surface area is 114 Å². The van der Waals surface area contributed by atoms with E-state index in [2.05, 4.69) is 5.32 Å². The molecule has 102 valence electrons. The zero-order valence-corrected chi connectivity index (χ0v) is 11.1. The number of carboxylic acids is 1. The fourth-order valence-corrected chi connectivity index (χ4v) is 3.67. The fourth-order valence-electron chi connectivity index (χ4n) is 3.03. The minimum atomic E-state index is -0.927. The predicted molar refractivity (Wildman–Crippen MR) is 68.7 cm³/mol. The molecule has 0 spiro atoms. The average molecular weight is 281 g/mol. The fraction of sp³-hybridized carbons (Fsp3) is 0.538. The number of amides is 1. The Balaban J connectivity index is 1.66. The molecule has 2 aliphatic rings. The summed E-state index contributed by atoms with van der Waals surface area (Å²) in [6.07, 6.45) is 1.01. The Morgan fingerprint density at radius 3 is 2.74 bits per heavy atom. The van der Waals surface area contributed by atoms with Crippen molar-refractivity contribution in [3.8, 4) is 0 Å². The van der Waals surface area contributed by atoms with Crippen LogP contribution in [-0.4, -0.2) is 29.2 Å². The van der Waals surface area contributed by atoms with Crippen molar-refractivity contribution in [2.45, 2.75) is 31.6 Å². The van der Waals surface area contributed by atoms with Crippen molar-refractivity contribution in [1.29, 1.82) is 0 Å². The number of hydrogen-bond donors (Lipinski definition) is 2. The highest BCUT2D eigenvalue weighted by molar-refractivity contribution is 7.09. The van der Waals surface area contributed by atoms with Gasteiger partial charge >= 0.3 is 5.97 Å². The second-order valence-electron chi connectivity index (χ2n) is 4.98. The normalized spacial score (nSPS) is 32.4. The molecular formula is C13H15NO4S. The van der Waals surface area contributed by atoms with Crippen LogP contribution in [0.5, 0.6) is 0 Å². The van der Waals surface area contributed by atoms with E-state index in [-0.39, 0.29) is 18.1 Å². The molecule has 3 heterocycles. The topological polar surface area (TPSA) is 75.6 Å². The van der Waals surface area contributed by atoms with Crippen LogP contribution in [-0.2, 0) is 20.9 Å². The van der Waals surface area contributed by atoms with Crippen LogP contribution in [0.25, 0.3) is 0 Å². The molecule has 4 atom stereocenters. The molecule has 2 aliphatic heterocycles. The molecule has 0 aliphatic carbocycles. The van der Waals surface area contributed by atoms with Crippen LogP contribution in [0.1, 0.15) is 17.7 Å². The lowest BCUT2D eigenvalue weighted by Gasteiger charge is -2.23. The molecule has 0 aromatic carbocycles. The van der Waals surface area contributed by atoms with Crippen LogP contribution in [0.2, 0.25) is 0 Å². The zero-order valence-electron chi connectivity index (χ0n) is 10.2. The Hall–Kier alpha value is -1.40. The van der Waals surface area contributed by atoms with Gasteiger partial charge in [-0.1, -0.05) is 6.07 Å². The highest BCUT2D eigenvalue weighted by Gasteiger charge is 2.55. The summed E-state index contributed by atoms with van der Waals surface area (Å²) in [6.45, 7) is 0.455. The molecular weight excluding hydrogens is 266 g/mol. The number of carboxylic acid groups (broad SMARTS) is 1. The number of aliphatic carboxylic acids is 1. The highest BCUT2D eigenvalue weighted by Crippen LogP contribution is 2.43. The molecule has 0 unspecified atom stereocenters. The number of carbonyl (C=O) groups is 2. The van der Waals surface area contributed by atoms with Gasteiger partial charge in [0.1, 0.15) is 0 Å². The van der Waals surface area contributed by atoms with Crippen LogP contribution in [0.15, 0.2) is 17.5 Å². The van der Waals surface area contributed by atoms with Crippen molar-refractivity contribution in [2.24, 2.45) is 11.8 Å². The maximum absolute atomic E-state index is 12.2. The molecule has 2 saturated heterocycles. The molecule has 5 nitrogen and oxygen atoms in total. The molecule has 19 heavy (non-hydrogen) atoms. The third-order valence-corrected chi connectivity index (χ3v) is 4.75. The Bertz CT molecular complexity index is 487. The molecule has 1 aromatic heterocycles. The van der Waals surface area contributed by atoms with Crippen LogP contribution in [0, 0.1) is 11.8 Å². The van der Waals surface area contributed by atoms with Gasteiger partial charge in [0.15, 0.2) is 0 Å². The molecule has 1 amide bonds. The van der Waals surface area contributed by atoms with E-state index < -0.39 is 17.8 Å². The first-order valence-corrected chi connectivity index (χ1v) is 7.23. The van der Waals surface area contributed by atoms with E-state index in [0.29, 0.717) is 6.54 Å². The monoisotopic (exact) mass is 281 g/mol. The predicted octanol–water partition coefficient (Wildman–Crippen LogP) is 1.24. The first-order valence-electron chi connectivity index (χ1n) is 6.35. The lowest BCUT2D eigenvalue weighted by molar-refractivity contribution is -0.147. The van der Waals surface area contributed by atoms with Gasteiger partial charge in [-0.2, -0.15) is 0 Å². The molecule has 6 heteroatoms. The Morgan fingerprint density at radius 1 is 1.37 bits per heavy atom. The standard InChI is InChI=1S/C13H15NO4S/c15-12(14-6-7-2-1-5-19-7)10-8-3-4-9(18-8)11(10)13(16)17/h1-2,5,8-11H,3-4,6H2,(H,14,15)(H,16,17)/t8-,9-,10+,11-/m0/s1. The maximum atomic E-state index is 12.2. The van der Waals surface area contributed by atoms with Crippen molar-refractivity contribution in [3.05, 3.63) is 22.4 Å². The summed E-state index contributed by atoms with van der Waals surface area (Å²) in [7, 11) is 0. The summed E-state index contributed by atoms with van der Waals surface area (Å²) in [5.74, 6) is -2.37. The van der Waals surface area contributed by atoms with E-state index >= 15 is 0 Å². The summed E-state index contributed by atoms with van der Waals surface area (Å²) < 4.78 is 5.58. The smallest absolute Gasteiger partial charge is 0.310 e. The summed E-state index contributed by atoms with van der Waals surface area (Å²) in [5.41, 5.74) is 0. The number of thiophene rings is 1. The van der Waals surface area contributed by atoms with Crippen molar-refractivity contribution < 1.29 is 19.4 Å². The molecule has 2 N–H and O–H groups in total. The van der Waals surface area contributed by atoms with E-state index in [1.54, 1.807) is 11.3 Å². The minimum Gasteiger partial charge on any atom is -0.481 e. The number of nitrogens with one attached hydrogen (secondary N) is 1. The summed E-state index contributed by atoms with van der Waals surface area (Å²) in [5, 5.41) is 14.0. The quantitative estimate of drug-likeness (QED) is 0.870. The van der Waals surface area contributed by atoms with E-state index in [1.807, 2.05) is 17.5 Å². The second kappa shape index (κ2) is 4.94. The SMILES string of the molecule is O=C(O)[C@@H]1[C@H](C(=O)NCc2cccs2)[C@@H]2CC[C@@H]1O2. The third kappa shape index (κ3) is 2.26. The number of hydrogen-bond acceptors (Lipinski definition) is 4. The van der Waals surface area contributed by atoms with Crippen molar-refractivity contribution in [1.82, 2.24) is 5.32 Å². The average Bonchev–Trinajstić information content (AvgIpc) is 3.10. The third-order valence-electron chi connectivity index (χ3n) is 3.88. The van der Waals surface area contributed by atoms with E-state index in [1.165, 1.54) is 0 Å². The minimum absolute atomic E-state index is 0.201. The van der Waals surface area contributed by atoms with Gasteiger partial charge in [-0.15, -0.1) is 11.3 Å². The van der Waals surface area contributed by atoms with Gasteiger partial charge in [0, 0.05) is 4.88 Å². The molecule has 2 bridgehead atoms. The van der Waals surface area contributed by atoms with Crippen LogP contribution >= 0.6 is 11.3 Å². The molecule has 0 saturated carbocycles. The van der Waals surface area contributed by atoms with Crippen molar-refractivity contribution >= 4 is 23.2 Å². The van der Waals surface area contributed by atoms with E-state index in [9.17, 15) is 14.7 Å². The number of fused-ring (bicyclic) bond motifs is 2. The molecule has 2 fully saturated rings. The number of ether oxygens (including phenoxy) is 1. The molecule has 1 aromatic rings. The lowest BCUT2D eigenvalue weighted by atomic mass is 9.79. The van der Waals surface area contributed by atoms with Crippen LogP contribution in [0.4, 0.5) is 0 Å². The van der Waals surface area contributed by atoms with Gasteiger partial charge < -0.3 is 15.2 Å². The van der Waals surface area contributed by atoms with Crippen LogP contribution < -0.4 is 5.32 Å². The first kappa shape index (κ1) is 12.6. The van der Waals surface area contributed by atoms with Gasteiger partial charge in [0.2, 0.25) is 5.91 Å². The lowest BCUT2D eigenvalue weighted by Crippen LogP contribution is -2.43. The Kier molecular flexibility index (Phi) is 3.28. The first-order chi connectivity index (χ1) is 9.16. The van der Waals surface area contributed by atoms with Crippen LogP contribution in [0.3, 0.4) is 0 Å². The largest absolute Gasteiger partial charge is 0.481 e. The maximum Gasteiger partial charge on any atom is 0.310 e. The van der Waals surface area contributed by atoms with E-state index in [4.69, 9.17) is 4.74 Å². The van der Waals surface area contributed by atoms with Gasteiger partial charge in [0.25, 0.3) is 0 Å². The van der Waals surface area contributed by atoms with Gasteiger partial charge in [-0.3, -0.25) is 9.59 Å². The van der Waals surface area contributed by atoms with Gasteiger partial charge in [-0.25, -0.2) is 0 Å². The summed E-state index contributed by atoms with van der Waals surface area (Å²) >= 11 is 1.57. The number of rotatable bonds is 4. The van der Waals surface area contributed by atoms with Gasteiger partial charge in [0.05, 0.1) is 30.6 Å². The summed E-state index contributed by atoms with van der Waals surface area (Å²) in [4.78, 5) is 24.5. The van der Waals surface area contributed by atoms with Crippen molar-refractivity contribution in [2.75, 3.05) is 0 Å². The van der Waals surface area contributed by atoms with Gasteiger partial charge in [-0.05, 0) is 24.3 Å². The molecule has 3 rings (SSSR count). The second-order valence-corrected chi connectivity index (χ2v) is 6.01.